The fourth-order valence-corrected chi connectivity index (χ4v) is 3.85. The molecule has 0 aliphatic heterocycles. The largest absolute Gasteiger partial charge is 0.453 e. The number of hydrogen-bond acceptors (Lipinski definition) is 7. The van der Waals surface area contributed by atoms with Crippen LogP contribution in [-0.4, -0.2) is 51.3 Å². The number of carbonyl (C=O) groups excluding carboxylic acids is 3. The number of amides is 3. The highest BCUT2D eigenvalue weighted by Crippen LogP contribution is 2.21. The van der Waals surface area contributed by atoms with E-state index in [2.05, 4.69) is 36.2 Å². The topological polar surface area (TPSA) is 140 Å². The van der Waals surface area contributed by atoms with E-state index in [1.807, 2.05) is 30.3 Å². The van der Waals surface area contributed by atoms with Gasteiger partial charge in [0.1, 0.15) is 18.2 Å². The van der Waals surface area contributed by atoms with Crippen molar-refractivity contribution < 1.29 is 23.5 Å². The normalized spacial score (nSPS) is 11.6. The summed E-state index contributed by atoms with van der Waals surface area (Å²) < 4.78 is 20.3. The Morgan fingerprint density at radius 2 is 1.88 bits per heavy atom. The van der Waals surface area contributed by atoms with E-state index in [0.29, 0.717) is 16.3 Å². The molecule has 1 heterocycles. The van der Waals surface area contributed by atoms with Crippen molar-refractivity contribution in [1.29, 1.82) is 0 Å². The maximum Gasteiger partial charge on any atom is 0.411 e. The molecule has 0 spiro atoms. The summed E-state index contributed by atoms with van der Waals surface area (Å²) in [5, 5.41) is 19.1. The number of methoxy groups -OCH3 is 1. The molecule has 11 nitrogen and oxygen atoms in total. The predicted octanol–water partition coefficient (Wildman–Crippen LogP) is 4.01. The van der Waals surface area contributed by atoms with Crippen LogP contribution in [0.4, 0.5) is 20.6 Å². The number of ether oxygens (including phenoxy) is 1. The molecule has 0 fully saturated rings. The number of carbonyl (C=O) groups is 3. The molecule has 0 aliphatic rings. The highest BCUT2D eigenvalue weighted by molar-refractivity contribution is 6.30. The van der Waals surface area contributed by atoms with Gasteiger partial charge in [0, 0.05) is 28.8 Å². The van der Waals surface area contributed by atoms with Crippen LogP contribution in [-0.2, 0) is 20.7 Å². The third-order valence-electron chi connectivity index (χ3n) is 5.57. The SMILES string of the molecule is COC(=O)Nc1ccc(NC(=O)[C@H](Cc2ccccc2)NC(=O)/C=C/c2cc(Cl)ccc2-n2cnnn2)cc1F. The molecule has 0 saturated carbocycles. The molecule has 0 radical (unpaired) electrons. The van der Waals surface area contributed by atoms with Crippen molar-refractivity contribution in [3.63, 3.8) is 0 Å². The highest BCUT2D eigenvalue weighted by atomic mass is 35.5. The summed E-state index contributed by atoms with van der Waals surface area (Å²) in [4.78, 5) is 37.5. The average molecular weight is 564 g/mol. The minimum Gasteiger partial charge on any atom is -0.453 e. The fraction of sp³-hybridized carbons (Fsp3) is 0.111. The summed E-state index contributed by atoms with van der Waals surface area (Å²) in [6.45, 7) is 0. The van der Waals surface area contributed by atoms with Gasteiger partial charge in [0.2, 0.25) is 11.8 Å². The lowest BCUT2D eigenvalue weighted by Gasteiger charge is -2.18. The Kier molecular flexibility index (Phi) is 9.15. The van der Waals surface area contributed by atoms with E-state index in [1.165, 1.54) is 35.3 Å². The van der Waals surface area contributed by atoms with Crippen molar-refractivity contribution in [1.82, 2.24) is 25.5 Å². The van der Waals surface area contributed by atoms with Gasteiger partial charge in [-0.2, -0.15) is 4.68 Å². The van der Waals surface area contributed by atoms with Gasteiger partial charge in [-0.05, 0) is 58.5 Å². The molecule has 4 aromatic rings. The molecule has 0 unspecified atom stereocenters. The standard InChI is InChI=1S/C27H23ClFN7O4/c1-40-27(39)33-22-10-9-20(15-21(22)29)31-26(38)23(13-17-5-3-2-4-6-17)32-25(37)12-7-18-14-19(28)8-11-24(18)36-16-30-34-35-36/h2-12,14-16,23H,13H2,1H3,(H,31,38)(H,32,37)(H,33,39)/b12-7+/t23-/m0/s1. The first kappa shape index (κ1) is 27.9. The Balaban J connectivity index is 1.51. The molecule has 204 valence electrons. The Hall–Kier alpha value is -5.10. The van der Waals surface area contributed by atoms with Gasteiger partial charge in [-0.1, -0.05) is 41.9 Å². The van der Waals surface area contributed by atoms with E-state index in [1.54, 1.807) is 18.2 Å². The van der Waals surface area contributed by atoms with E-state index in [0.717, 1.165) is 18.7 Å². The van der Waals surface area contributed by atoms with Crippen LogP contribution in [0.25, 0.3) is 11.8 Å². The molecule has 3 N–H and O–H groups in total. The molecular formula is C27H23ClFN7O4. The third-order valence-corrected chi connectivity index (χ3v) is 5.81. The van der Waals surface area contributed by atoms with Crippen LogP contribution in [0.5, 0.6) is 0 Å². The van der Waals surface area contributed by atoms with Crippen LogP contribution < -0.4 is 16.0 Å². The second-order valence-electron chi connectivity index (χ2n) is 8.34. The summed E-state index contributed by atoms with van der Waals surface area (Å²) in [6, 6.07) is 16.8. The second-order valence-corrected chi connectivity index (χ2v) is 8.78. The van der Waals surface area contributed by atoms with Gasteiger partial charge in [-0.25, -0.2) is 9.18 Å². The molecule has 13 heteroatoms. The van der Waals surface area contributed by atoms with Crippen molar-refractivity contribution in [3.05, 3.63) is 101 Å². The number of rotatable bonds is 9. The Morgan fingerprint density at radius 3 is 2.58 bits per heavy atom. The van der Waals surface area contributed by atoms with Gasteiger partial charge >= 0.3 is 6.09 Å². The number of halogens is 2. The van der Waals surface area contributed by atoms with E-state index in [9.17, 15) is 18.8 Å². The zero-order valence-corrected chi connectivity index (χ0v) is 21.8. The quantitative estimate of drug-likeness (QED) is 0.261. The Morgan fingerprint density at radius 1 is 1.07 bits per heavy atom. The zero-order valence-electron chi connectivity index (χ0n) is 21.0. The summed E-state index contributed by atoms with van der Waals surface area (Å²) in [5.74, 6) is -1.91. The minimum absolute atomic E-state index is 0.119. The number of nitrogens with zero attached hydrogens (tertiary/aromatic N) is 4. The zero-order chi connectivity index (χ0) is 28.5. The number of nitrogens with one attached hydrogen (secondary N) is 3. The summed E-state index contributed by atoms with van der Waals surface area (Å²) in [6.07, 6.45) is 3.53. The Labute approximate surface area is 233 Å². The van der Waals surface area contributed by atoms with Gasteiger partial charge in [-0.15, -0.1) is 5.10 Å². The summed E-state index contributed by atoms with van der Waals surface area (Å²) in [7, 11) is 1.15. The van der Waals surface area contributed by atoms with Gasteiger partial charge in [-0.3, -0.25) is 14.9 Å². The van der Waals surface area contributed by atoms with E-state index >= 15 is 0 Å². The van der Waals surface area contributed by atoms with Crippen LogP contribution in [0.2, 0.25) is 5.02 Å². The predicted molar refractivity (Wildman–Crippen MR) is 146 cm³/mol. The van der Waals surface area contributed by atoms with Crippen LogP contribution in [0.1, 0.15) is 11.1 Å². The van der Waals surface area contributed by atoms with Crippen molar-refractivity contribution >= 4 is 47.0 Å². The van der Waals surface area contributed by atoms with Gasteiger partial charge < -0.3 is 15.4 Å². The first-order chi connectivity index (χ1) is 19.3. The van der Waals surface area contributed by atoms with Crippen molar-refractivity contribution in [2.45, 2.75) is 12.5 Å². The Bertz CT molecular complexity index is 1530. The monoisotopic (exact) mass is 563 g/mol. The first-order valence-electron chi connectivity index (χ1n) is 11.8. The lowest BCUT2D eigenvalue weighted by molar-refractivity contribution is -0.123. The molecule has 4 rings (SSSR count). The van der Waals surface area contributed by atoms with Crippen LogP contribution in [0.3, 0.4) is 0 Å². The number of anilines is 2. The lowest BCUT2D eigenvalue weighted by Crippen LogP contribution is -2.44. The number of aromatic nitrogens is 4. The number of hydrogen-bond donors (Lipinski definition) is 3. The lowest BCUT2D eigenvalue weighted by atomic mass is 10.0. The van der Waals surface area contributed by atoms with Gasteiger partial charge in [0.05, 0.1) is 18.5 Å². The first-order valence-corrected chi connectivity index (χ1v) is 12.2. The second kappa shape index (κ2) is 13.1. The molecular weight excluding hydrogens is 541 g/mol. The fourth-order valence-electron chi connectivity index (χ4n) is 3.67. The maximum absolute atomic E-state index is 14.5. The maximum atomic E-state index is 14.5. The van der Waals surface area contributed by atoms with E-state index in [-0.39, 0.29) is 17.8 Å². The molecule has 0 bridgehead atoms. The number of benzene rings is 3. The summed E-state index contributed by atoms with van der Waals surface area (Å²) in [5.41, 5.74) is 1.96. The molecule has 3 aromatic carbocycles. The average Bonchev–Trinajstić information content (AvgIpc) is 3.48. The van der Waals surface area contributed by atoms with Crippen molar-refractivity contribution in [3.8, 4) is 5.69 Å². The van der Waals surface area contributed by atoms with Crippen molar-refractivity contribution in [2.75, 3.05) is 17.7 Å². The minimum atomic E-state index is -1.01. The molecule has 1 atom stereocenters. The van der Waals surface area contributed by atoms with Crippen LogP contribution >= 0.6 is 11.6 Å². The van der Waals surface area contributed by atoms with Gasteiger partial charge in [0.15, 0.2) is 0 Å². The number of tetrazole rings is 1. The van der Waals surface area contributed by atoms with Crippen molar-refractivity contribution in [2.24, 2.45) is 0 Å². The van der Waals surface area contributed by atoms with Crippen LogP contribution in [0, 0.1) is 5.82 Å². The van der Waals surface area contributed by atoms with Gasteiger partial charge in [0.25, 0.3) is 0 Å². The third kappa shape index (κ3) is 7.48. The molecule has 40 heavy (non-hydrogen) atoms. The highest BCUT2D eigenvalue weighted by Gasteiger charge is 2.21. The molecule has 3 amide bonds. The molecule has 0 saturated heterocycles. The van der Waals surface area contributed by atoms with E-state index in [4.69, 9.17) is 11.6 Å². The van der Waals surface area contributed by atoms with Crippen LogP contribution in [0.15, 0.2) is 79.1 Å². The summed E-state index contributed by atoms with van der Waals surface area (Å²) >= 11 is 6.14. The smallest absolute Gasteiger partial charge is 0.411 e. The van der Waals surface area contributed by atoms with E-state index < -0.39 is 29.8 Å². The molecule has 0 aliphatic carbocycles. The molecule has 1 aromatic heterocycles.